The predicted molar refractivity (Wildman–Crippen MR) is 118 cm³/mol. The number of carbonyl (C=O) groups excluding carboxylic acids is 2. The number of aromatic amines is 1. The Kier molecular flexibility index (Phi) is 5.71. The molecule has 0 spiro atoms. The first-order valence-electron chi connectivity index (χ1n) is 9.19. The molecule has 0 aliphatic heterocycles. The van der Waals surface area contributed by atoms with Gasteiger partial charge >= 0.3 is 0 Å². The standard InChI is InChI=1S/C21H22N6O2S/c1-21(2,3)18(28)14-10-23-19-17(14)26-15(11-24-19)25-16-7-6-13(30-16)8-12(9-22)20(29)27(4)5/h6-8,10-11H,1-5H3,(H,23,24)(H,25,26). The first kappa shape index (κ1) is 21.2. The molecule has 30 heavy (non-hydrogen) atoms. The summed E-state index contributed by atoms with van der Waals surface area (Å²) in [6, 6.07) is 5.57. The van der Waals surface area contributed by atoms with Crippen LogP contribution >= 0.6 is 11.3 Å². The second-order valence-corrected chi connectivity index (χ2v) is 9.05. The van der Waals surface area contributed by atoms with Crippen molar-refractivity contribution in [1.82, 2.24) is 19.9 Å². The normalized spacial score (nSPS) is 11.9. The SMILES string of the molecule is CN(C)C(=O)C(C#N)=Cc1ccc(Nc2cnc3[nH]cc(C(=O)C(C)(C)C)c3n2)s1. The number of H-pyrrole nitrogens is 1. The van der Waals surface area contributed by atoms with Crippen LogP contribution in [0.15, 0.2) is 30.1 Å². The van der Waals surface area contributed by atoms with Gasteiger partial charge in [-0.2, -0.15) is 5.26 Å². The Hall–Kier alpha value is -3.51. The Morgan fingerprint density at radius 1 is 1.30 bits per heavy atom. The van der Waals surface area contributed by atoms with Crippen molar-refractivity contribution >= 4 is 51.1 Å². The summed E-state index contributed by atoms with van der Waals surface area (Å²) in [5.74, 6) is 0.130. The Morgan fingerprint density at radius 2 is 2.03 bits per heavy atom. The summed E-state index contributed by atoms with van der Waals surface area (Å²) in [4.78, 5) is 38.7. The molecule has 0 bridgehead atoms. The number of nitriles is 1. The number of aromatic nitrogens is 3. The number of carbonyl (C=O) groups is 2. The van der Waals surface area contributed by atoms with E-state index in [4.69, 9.17) is 0 Å². The quantitative estimate of drug-likeness (QED) is 0.365. The number of nitrogens with one attached hydrogen (secondary N) is 2. The number of nitrogens with zero attached hydrogens (tertiary/aromatic N) is 4. The lowest BCUT2D eigenvalue weighted by atomic mass is 9.87. The summed E-state index contributed by atoms with van der Waals surface area (Å²) < 4.78 is 0. The van der Waals surface area contributed by atoms with E-state index < -0.39 is 5.41 Å². The number of thiophene rings is 1. The average Bonchev–Trinajstić information content (AvgIpc) is 3.30. The highest BCUT2D eigenvalue weighted by Crippen LogP contribution is 2.29. The molecule has 9 heteroatoms. The molecule has 0 aliphatic carbocycles. The van der Waals surface area contributed by atoms with Crippen molar-refractivity contribution in [2.75, 3.05) is 19.4 Å². The lowest BCUT2D eigenvalue weighted by Gasteiger charge is -2.15. The number of hydrogen-bond donors (Lipinski definition) is 2. The molecule has 0 fully saturated rings. The maximum absolute atomic E-state index is 12.7. The summed E-state index contributed by atoms with van der Waals surface area (Å²) in [5.41, 5.74) is 1.10. The molecule has 8 nitrogen and oxygen atoms in total. The first-order valence-corrected chi connectivity index (χ1v) is 10.0. The summed E-state index contributed by atoms with van der Waals surface area (Å²) in [7, 11) is 3.20. The zero-order valence-corrected chi connectivity index (χ0v) is 18.2. The van der Waals surface area contributed by atoms with Crippen molar-refractivity contribution in [3.8, 4) is 6.07 Å². The molecule has 3 aromatic rings. The maximum atomic E-state index is 12.7. The van der Waals surface area contributed by atoms with Crippen LogP contribution in [0.5, 0.6) is 0 Å². The lowest BCUT2D eigenvalue weighted by molar-refractivity contribution is -0.124. The van der Waals surface area contributed by atoms with Gasteiger partial charge in [-0.1, -0.05) is 20.8 Å². The molecule has 2 N–H and O–H groups in total. The minimum atomic E-state index is -0.530. The van der Waals surface area contributed by atoms with Crippen molar-refractivity contribution in [1.29, 1.82) is 5.26 Å². The molecule has 0 unspecified atom stereocenters. The lowest BCUT2D eigenvalue weighted by Crippen LogP contribution is -2.22. The van der Waals surface area contributed by atoms with Gasteiger partial charge in [-0.25, -0.2) is 9.97 Å². The Morgan fingerprint density at radius 3 is 2.67 bits per heavy atom. The van der Waals surface area contributed by atoms with E-state index >= 15 is 0 Å². The van der Waals surface area contributed by atoms with Gasteiger partial charge in [0.1, 0.15) is 23.0 Å². The predicted octanol–water partition coefficient (Wildman–Crippen LogP) is 3.99. The van der Waals surface area contributed by atoms with Crippen molar-refractivity contribution in [3.05, 3.63) is 40.5 Å². The van der Waals surface area contributed by atoms with Gasteiger partial charge in [-0.3, -0.25) is 9.59 Å². The van der Waals surface area contributed by atoms with Crippen LogP contribution in [0.3, 0.4) is 0 Å². The number of rotatable bonds is 5. The third kappa shape index (κ3) is 4.39. The highest BCUT2D eigenvalue weighted by molar-refractivity contribution is 7.17. The largest absolute Gasteiger partial charge is 0.344 e. The minimum Gasteiger partial charge on any atom is -0.344 e. The molecule has 0 atom stereocenters. The fourth-order valence-electron chi connectivity index (χ4n) is 2.68. The van der Waals surface area contributed by atoms with Crippen LogP contribution < -0.4 is 5.32 Å². The highest BCUT2D eigenvalue weighted by Gasteiger charge is 2.26. The molecular formula is C21H22N6O2S. The summed E-state index contributed by atoms with van der Waals surface area (Å²) >= 11 is 1.37. The smallest absolute Gasteiger partial charge is 0.264 e. The molecule has 0 saturated heterocycles. The molecule has 0 saturated carbocycles. The molecule has 0 aromatic carbocycles. The molecule has 1 amide bonds. The van der Waals surface area contributed by atoms with Gasteiger partial charge < -0.3 is 15.2 Å². The van der Waals surface area contributed by atoms with Crippen LogP contribution in [0.2, 0.25) is 0 Å². The van der Waals surface area contributed by atoms with E-state index in [9.17, 15) is 14.9 Å². The second kappa shape index (κ2) is 8.08. The highest BCUT2D eigenvalue weighted by atomic mass is 32.1. The van der Waals surface area contributed by atoms with Gasteiger partial charge in [0, 0.05) is 30.6 Å². The molecule has 154 valence electrons. The van der Waals surface area contributed by atoms with Gasteiger partial charge in [0.05, 0.1) is 16.8 Å². The van der Waals surface area contributed by atoms with Crippen LogP contribution in [0.4, 0.5) is 10.8 Å². The molecule has 3 rings (SSSR count). The maximum Gasteiger partial charge on any atom is 0.264 e. The van der Waals surface area contributed by atoms with E-state index in [-0.39, 0.29) is 17.3 Å². The van der Waals surface area contributed by atoms with Crippen LogP contribution in [0.25, 0.3) is 17.2 Å². The number of hydrogen-bond acceptors (Lipinski definition) is 7. The molecule has 3 aromatic heterocycles. The second-order valence-electron chi connectivity index (χ2n) is 7.93. The zero-order chi connectivity index (χ0) is 22.1. The third-order valence-corrected chi connectivity index (χ3v) is 5.18. The van der Waals surface area contributed by atoms with Gasteiger partial charge in [0.15, 0.2) is 11.4 Å². The van der Waals surface area contributed by atoms with Gasteiger partial charge in [-0.15, -0.1) is 11.3 Å². The van der Waals surface area contributed by atoms with Gasteiger partial charge in [-0.05, 0) is 18.2 Å². The van der Waals surface area contributed by atoms with Gasteiger partial charge in [0.25, 0.3) is 5.91 Å². The van der Waals surface area contributed by atoms with Crippen LogP contribution in [0.1, 0.15) is 36.0 Å². The molecule has 3 heterocycles. The third-order valence-electron chi connectivity index (χ3n) is 4.23. The van der Waals surface area contributed by atoms with Crippen LogP contribution in [0, 0.1) is 16.7 Å². The average molecular weight is 423 g/mol. The molecule has 0 aliphatic rings. The zero-order valence-electron chi connectivity index (χ0n) is 17.4. The Labute approximate surface area is 178 Å². The van der Waals surface area contributed by atoms with Crippen molar-refractivity contribution in [2.24, 2.45) is 5.41 Å². The number of fused-ring (bicyclic) bond motifs is 1. The van der Waals surface area contributed by atoms with Crippen molar-refractivity contribution in [2.45, 2.75) is 20.8 Å². The van der Waals surface area contributed by atoms with E-state index in [0.29, 0.717) is 22.5 Å². The first-order chi connectivity index (χ1) is 14.1. The summed E-state index contributed by atoms with van der Waals surface area (Å²) in [6.07, 6.45) is 4.77. The van der Waals surface area contributed by atoms with E-state index in [1.807, 2.05) is 39.0 Å². The Bertz CT molecular complexity index is 1190. The fourth-order valence-corrected chi connectivity index (χ4v) is 3.54. The van der Waals surface area contributed by atoms with E-state index in [1.54, 1.807) is 32.6 Å². The number of Topliss-reactive ketones (excluding diaryl/α,β-unsaturated/α-hetero) is 1. The van der Waals surface area contributed by atoms with Crippen LogP contribution in [-0.2, 0) is 4.79 Å². The number of ketones is 1. The summed E-state index contributed by atoms with van der Waals surface area (Å²) in [5, 5.41) is 13.2. The Balaban J connectivity index is 1.87. The topological polar surface area (TPSA) is 115 Å². The summed E-state index contributed by atoms with van der Waals surface area (Å²) in [6.45, 7) is 5.59. The number of amides is 1. The fraction of sp³-hybridized carbons (Fsp3) is 0.286. The van der Waals surface area contributed by atoms with E-state index in [1.165, 1.54) is 16.2 Å². The number of anilines is 2. The minimum absolute atomic E-state index is 0.0154. The van der Waals surface area contributed by atoms with E-state index in [2.05, 4.69) is 20.3 Å². The number of likely N-dealkylation sites (N-methyl/N-ethyl adjacent to an activating group) is 1. The van der Waals surface area contributed by atoms with Gasteiger partial charge in [0.2, 0.25) is 0 Å². The van der Waals surface area contributed by atoms with Crippen molar-refractivity contribution in [3.63, 3.8) is 0 Å². The van der Waals surface area contributed by atoms with Crippen LogP contribution in [-0.4, -0.2) is 45.6 Å². The van der Waals surface area contributed by atoms with E-state index in [0.717, 1.165) is 9.88 Å². The van der Waals surface area contributed by atoms with Crippen molar-refractivity contribution < 1.29 is 9.59 Å². The monoisotopic (exact) mass is 422 g/mol. The molecule has 0 radical (unpaired) electrons. The molecular weight excluding hydrogens is 400 g/mol.